The van der Waals surface area contributed by atoms with E-state index in [9.17, 15) is 4.79 Å². The van der Waals surface area contributed by atoms with Crippen LogP contribution in [0.25, 0.3) is 6.08 Å². The molecule has 0 N–H and O–H groups in total. The third-order valence-corrected chi connectivity index (χ3v) is 2.21. The Morgan fingerprint density at radius 3 is 2.67 bits per heavy atom. The Morgan fingerprint density at radius 2 is 2.00 bits per heavy atom. The molecule has 0 saturated heterocycles. The molecule has 2 rings (SSSR count). The van der Waals surface area contributed by atoms with Gasteiger partial charge < -0.3 is 0 Å². The van der Waals surface area contributed by atoms with E-state index in [0.717, 1.165) is 23.1 Å². The monoisotopic (exact) mass is 158 g/mol. The van der Waals surface area contributed by atoms with Crippen LogP contribution >= 0.6 is 0 Å². The Labute approximate surface area is 71.7 Å². The van der Waals surface area contributed by atoms with Crippen molar-refractivity contribution in [3.05, 3.63) is 41.0 Å². The van der Waals surface area contributed by atoms with Gasteiger partial charge >= 0.3 is 0 Å². The van der Waals surface area contributed by atoms with Gasteiger partial charge in [-0.05, 0) is 18.1 Å². The van der Waals surface area contributed by atoms with Gasteiger partial charge in [0.2, 0.25) is 0 Å². The Bertz CT molecular complexity index is 361. The molecule has 1 aliphatic carbocycles. The van der Waals surface area contributed by atoms with Crippen LogP contribution in [-0.4, -0.2) is 5.78 Å². The number of Topliss-reactive ketones (excluding diaryl/α,β-unsaturated/α-hetero) is 1. The highest BCUT2D eigenvalue weighted by Gasteiger charge is 2.19. The van der Waals surface area contributed by atoms with Crippen molar-refractivity contribution in [2.24, 2.45) is 0 Å². The minimum absolute atomic E-state index is 0.202. The summed E-state index contributed by atoms with van der Waals surface area (Å²) in [5, 5.41) is 0. The van der Waals surface area contributed by atoms with Gasteiger partial charge in [-0.1, -0.05) is 31.2 Å². The minimum Gasteiger partial charge on any atom is -0.289 e. The molecule has 1 aromatic carbocycles. The van der Waals surface area contributed by atoms with Crippen LogP contribution in [-0.2, 0) is 0 Å². The maximum absolute atomic E-state index is 11.6. The van der Waals surface area contributed by atoms with Crippen molar-refractivity contribution >= 4 is 11.9 Å². The molecule has 60 valence electrons. The van der Waals surface area contributed by atoms with Crippen molar-refractivity contribution in [3.8, 4) is 0 Å². The highest BCUT2D eigenvalue weighted by Crippen LogP contribution is 2.25. The molecule has 1 heteroatoms. The van der Waals surface area contributed by atoms with Gasteiger partial charge in [-0.2, -0.15) is 0 Å². The van der Waals surface area contributed by atoms with Crippen LogP contribution in [0.5, 0.6) is 0 Å². The van der Waals surface area contributed by atoms with E-state index in [0.29, 0.717) is 0 Å². The van der Waals surface area contributed by atoms with Crippen LogP contribution in [0.1, 0.15) is 29.3 Å². The zero-order valence-electron chi connectivity index (χ0n) is 7.00. The van der Waals surface area contributed by atoms with Crippen LogP contribution in [0.4, 0.5) is 0 Å². The van der Waals surface area contributed by atoms with E-state index in [1.165, 1.54) is 0 Å². The number of ketones is 1. The van der Waals surface area contributed by atoms with E-state index in [1.54, 1.807) is 0 Å². The van der Waals surface area contributed by atoms with Gasteiger partial charge in [-0.15, -0.1) is 0 Å². The van der Waals surface area contributed by atoms with Crippen LogP contribution in [0, 0.1) is 0 Å². The van der Waals surface area contributed by atoms with Gasteiger partial charge in [-0.25, -0.2) is 0 Å². The smallest absolute Gasteiger partial charge is 0.189 e. The van der Waals surface area contributed by atoms with Gasteiger partial charge in [-0.3, -0.25) is 4.79 Å². The molecule has 0 saturated carbocycles. The number of rotatable bonds is 1. The van der Waals surface area contributed by atoms with Crippen LogP contribution in [0.15, 0.2) is 29.8 Å². The first kappa shape index (κ1) is 7.29. The van der Waals surface area contributed by atoms with Crippen LogP contribution in [0.3, 0.4) is 0 Å². The van der Waals surface area contributed by atoms with Crippen molar-refractivity contribution in [1.82, 2.24) is 0 Å². The standard InChI is InChI=1S/C11H10O/c1-2-8-7-9-5-3-4-6-10(9)11(8)12/h3-7H,2H2,1H3. The van der Waals surface area contributed by atoms with Crippen LogP contribution < -0.4 is 0 Å². The zero-order chi connectivity index (χ0) is 8.55. The molecule has 1 nitrogen and oxygen atoms in total. The first-order chi connectivity index (χ1) is 5.83. The van der Waals surface area contributed by atoms with Crippen molar-refractivity contribution < 1.29 is 4.79 Å². The van der Waals surface area contributed by atoms with E-state index in [2.05, 4.69) is 0 Å². The fourth-order valence-electron chi connectivity index (χ4n) is 1.52. The highest BCUT2D eigenvalue weighted by molar-refractivity contribution is 6.17. The predicted molar refractivity (Wildman–Crippen MR) is 49.0 cm³/mol. The summed E-state index contributed by atoms with van der Waals surface area (Å²) in [6.45, 7) is 2.01. The third kappa shape index (κ3) is 0.900. The van der Waals surface area contributed by atoms with E-state index in [1.807, 2.05) is 37.3 Å². The summed E-state index contributed by atoms with van der Waals surface area (Å²) in [6, 6.07) is 7.73. The number of hydrogen-bond donors (Lipinski definition) is 0. The molecule has 1 aromatic rings. The van der Waals surface area contributed by atoms with Gasteiger partial charge in [0.05, 0.1) is 0 Å². The van der Waals surface area contributed by atoms with Crippen molar-refractivity contribution in [2.45, 2.75) is 13.3 Å². The second kappa shape index (κ2) is 2.59. The number of carbonyl (C=O) groups is 1. The lowest BCUT2D eigenvalue weighted by Crippen LogP contribution is -1.96. The van der Waals surface area contributed by atoms with Crippen molar-refractivity contribution in [1.29, 1.82) is 0 Å². The quantitative estimate of drug-likeness (QED) is 0.614. The highest BCUT2D eigenvalue weighted by atomic mass is 16.1. The minimum atomic E-state index is 0.202. The summed E-state index contributed by atoms with van der Waals surface area (Å²) in [7, 11) is 0. The predicted octanol–water partition coefficient (Wildman–Crippen LogP) is 2.68. The third-order valence-electron chi connectivity index (χ3n) is 2.21. The molecule has 1 aliphatic rings. The van der Waals surface area contributed by atoms with Gasteiger partial charge in [0.15, 0.2) is 5.78 Å². The Balaban J connectivity index is 2.54. The molecule has 0 amide bonds. The second-order valence-corrected chi connectivity index (χ2v) is 2.94. The molecule has 0 spiro atoms. The maximum atomic E-state index is 11.6. The topological polar surface area (TPSA) is 17.1 Å². The summed E-state index contributed by atoms with van der Waals surface area (Å²) >= 11 is 0. The number of hydrogen-bond acceptors (Lipinski definition) is 1. The fourth-order valence-corrected chi connectivity index (χ4v) is 1.52. The largest absolute Gasteiger partial charge is 0.289 e. The summed E-state index contributed by atoms with van der Waals surface area (Å²) in [4.78, 5) is 11.6. The first-order valence-corrected chi connectivity index (χ1v) is 4.17. The van der Waals surface area contributed by atoms with Crippen molar-refractivity contribution in [2.75, 3.05) is 0 Å². The van der Waals surface area contributed by atoms with Crippen LogP contribution in [0.2, 0.25) is 0 Å². The summed E-state index contributed by atoms with van der Waals surface area (Å²) in [5.41, 5.74) is 2.85. The average Bonchev–Trinajstić information content (AvgIpc) is 2.44. The molecule has 0 heterocycles. The fraction of sp³-hybridized carbons (Fsp3) is 0.182. The Morgan fingerprint density at radius 1 is 1.25 bits per heavy atom. The normalized spacial score (nSPS) is 14.4. The zero-order valence-corrected chi connectivity index (χ0v) is 7.00. The van der Waals surface area contributed by atoms with E-state index < -0.39 is 0 Å². The lowest BCUT2D eigenvalue weighted by molar-refractivity contribution is 0.103. The number of benzene rings is 1. The average molecular weight is 158 g/mol. The number of allylic oxidation sites excluding steroid dienone is 1. The molecular weight excluding hydrogens is 148 g/mol. The molecule has 0 aromatic heterocycles. The molecule has 0 atom stereocenters. The lowest BCUT2D eigenvalue weighted by atomic mass is 10.1. The second-order valence-electron chi connectivity index (χ2n) is 2.94. The van der Waals surface area contributed by atoms with E-state index >= 15 is 0 Å². The molecule has 0 fully saturated rings. The van der Waals surface area contributed by atoms with Gasteiger partial charge in [0, 0.05) is 11.1 Å². The van der Waals surface area contributed by atoms with E-state index in [-0.39, 0.29) is 5.78 Å². The molecule has 0 unspecified atom stereocenters. The van der Waals surface area contributed by atoms with Gasteiger partial charge in [0.1, 0.15) is 0 Å². The number of fused-ring (bicyclic) bond motifs is 1. The Hall–Kier alpha value is -1.37. The summed E-state index contributed by atoms with van der Waals surface area (Å²) < 4.78 is 0. The first-order valence-electron chi connectivity index (χ1n) is 4.17. The van der Waals surface area contributed by atoms with Gasteiger partial charge in [0.25, 0.3) is 0 Å². The number of carbonyl (C=O) groups excluding carboxylic acids is 1. The maximum Gasteiger partial charge on any atom is 0.189 e. The molecule has 0 aliphatic heterocycles. The SMILES string of the molecule is CCC1=Cc2ccccc2C1=O. The molecule has 0 bridgehead atoms. The molecule has 12 heavy (non-hydrogen) atoms. The van der Waals surface area contributed by atoms with Crippen molar-refractivity contribution in [3.63, 3.8) is 0 Å². The molecular formula is C11H10O. The summed E-state index contributed by atoms with van der Waals surface area (Å²) in [5.74, 6) is 0.202. The molecule has 0 radical (unpaired) electrons. The lowest BCUT2D eigenvalue weighted by Gasteiger charge is -1.94. The summed E-state index contributed by atoms with van der Waals surface area (Å²) in [6.07, 6.45) is 2.81. The van der Waals surface area contributed by atoms with E-state index in [4.69, 9.17) is 0 Å². The Kier molecular flexibility index (Phi) is 1.58.